The molecule has 0 spiro atoms. The van der Waals surface area contributed by atoms with Crippen molar-refractivity contribution >= 4 is 21.6 Å². The Morgan fingerprint density at radius 2 is 2.00 bits per heavy atom. The molecule has 0 aliphatic rings. The van der Waals surface area contributed by atoms with Gasteiger partial charge < -0.3 is 4.90 Å². The number of halogens is 1. The Morgan fingerprint density at radius 1 is 1.40 bits per heavy atom. The first-order valence-electron chi connectivity index (χ1n) is 7.36. The van der Waals surface area contributed by atoms with Crippen LogP contribution < -0.4 is 4.90 Å². The van der Waals surface area contributed by atoms with Crippen molar-refractivity contribution in [3.8, 4) is 0 Å². The van der Waals surface area contributed by atoms with Gasteiger partial charge in [0.25, 0.3) is 0 Å². The monoisotopic (exact) mass is 209 g/mol. The zero-order valence-electron chi connectivity index (χ0n) is 14.8. The molecule has 1 aromatic carbocycles. The van der Waals surface area contributed by atoms with Gasteiger partial charge >= 0.3 is 0 Å². The normalized spacial score (nSPS) is 26.5. The summed E-state index contributed by atoms with van der Waals surface area (Å²) < 4.78 is 74.0. The zero-order valence-corrected chi connectivity index (χ0v) is 6.41. The summed E-state index contributed by atoms with van der Waals surface area (Å²) in [5, 5.41) is 0. The summed E-state index contributed by atoms with van der Waals surface area (Å²) in [6.45, 7) is -6.27. The van der Waals surface area contributed by atoms with Crippen molar-refractivity contribution in [2.75, 3.05) is 18.9 Å². The van der Waals surface area contributed by atoms with Crippen LogP contribution in [0.5, 0.6) is 0 Å². The van der Waals surface area contributed by atoms with E-state index in [9.17, 15) is 0 Å². The van der Waals surface area contributed by atoms with Gasteiger partial charge in [0.15, 0.2) is 0 Å². The molecule has 0 atom stereocenters. The quantitative estimate of drug-likeness (QED) is 0.688. The fourth-order valence-electron chi connectivity index (χ4n) is 0.402. The van der Waals surface area contributed by atoms with Crippen LogP contribution in [0.15, 0.2) is 28.6 Å². The lowest BCUT2D eigenvalue weighted by Crippen LogP contribution is -2.07. The Bertz CT molecular complexity index is 491. The molecule has 0 fully saturated rings. The van der Waals surface area contributed by atoms with Gasteiger partial charge in [0.2, 0.25) is 0 Å². The molecule has 1 nitrogen and oxygen atoms in total. The highest BCUT2D eigenvalue weighted by atomic mass is 79.9. The molecular weight excluding hydrogens is 190 g/mol. The summed E-state index contributed by atoms with van der Waals surface area (Å²) in [6, 6.07) is -2.55. The largest absolute Gasteiger partial charge is 0.378 e. The van der Waals surface area contributed by atoms with E-state index in [1.54, 1.807) is 0 Å². The molecule has 0 N–H and O–H groups in total. The van der Waals surface area contributed by atoms with Gasteiger partial charge in [0.05, 0.1) is 5.48 Å². The van der Waals surface area contributed by atoms with Crippen molar-refractivity contribution < 1.29 is 13.7 Å². The van der Waals surface area contributed by atoms with E-state index in [1.807, 2.05) is 0 Å². The van der Waals surface area contributed by atoms with Crippen LogP contribution in [0.2, 0.25) is 0 Å². The number of benzene rings is 1. The fraction of sp³-hybridized carbons (Fsp3) is 0.250. The molecule has 0 aliphatic heterocycles. The first kappa shape index (κ1) is 1.81. The molecule has 0 aliphatic carbocycles. The maximum absolute atomic E-state index is 7.70. The molecule has 2 heteroatoms. The number of nitrogens with zero attached hydrogens (tertiary/aromatic N) is 1. The highest BCUT2D eigenvalue weighted by Gasteiger charge is 1.91. The van der Waals surface area contributed by atoms with Gasteiger partial charge in [-0.15, -0.1) is 0 Å². The summed E-state index contributed by atoms with van der Waals surface area (Å²) in [7, 11) is 0. The van der Waals surface area contributed by atoms with Gasteiger partial charge in [-0.1, -0.05) is 15.9 Å². The molecule has 0 bridgehead atoms. The lowest BCUT2D eigenvalue weighted by atomic mass is 10.3. The first-order valence-corrected chi connectivity index (χ1v) is 3.15. The molecule has 0 saturated heterocycles. The van der Waals surface area contributed by atoms with E-state index in [1.165, 1.54) is 0 Å². The maximum Gasteiger partial charge on any atom is 0.0645 e. The summed E-state index contributed by atoms with van der Waals surface area (Å²) in [4.78, 5) is -0.0484. The van der Waals surface area contributed by atoms with E-state index in [2.05, 4.69) is 15.9 Å². The van der Waals surface area contributed by atoms with Crippen LogP contribution in [-0.4, -0.2) is 14.0 Å². The van der Waals surface area contributed by atoms with Crippen molar-refractivity contribution in [2.24, 2.45) is 0 Å². The minimum Gasteiger partial charge on any atom is -0.378 e. The van der Waals surface area contributed by atoms with Crippen LogP contribution in [0.3, 0.4) is 0 Å². The molecule has 10 heavy (non-hydrogen) atoms. The Morgan fingerprint density at radius 3 is 2.50 bits per heavy atom. The van der Waals surface area contributed by atoms with Gasteiger partial charge in [-0.3, -0.25) is 0 Å². The van der Waals surface area contributed by atoms with Gasteiger partial charge in [-0.25, -0.2) is 0 Å². The van der Waals surface area contributed by atoms with E-state index in [0.29, 0.717) is 0 Å². The minimum atomic E-state index is -3.14. The zero-order chi connectivity index (χ0) is 16.0. The van der Waals surface area contributed by atoms with Crippen LogP contribution in [0, 0.1) is 0 Å². The maximum atomic E-state index is 7.70. The minimum absolute atomic E-state index is 0.0484. The topological polar surface area (TPSA) is 3.24 Å². The molecule has 0 radical (unpaired) electrons. The summed E-state index contributed by atoms with van der Waals surface area (Å²) in [6.07, 6.45) is 0. The second-order valence-corrected chi connectivity index (χ2v) is 2.29. The summed E-state index contributed by atoms with van der Waals surface area (Å²) in [5.41, 5.74) is -0.775. The third-order valence-electron chi connectivity index (χ3n) is 0.805. The molecule has 0 unspecified atom stereocenters. The van der Waals surface area contributed by atoms with E-state index in [-0.39, 0.29) is 9.37 Å². The number of anilines is 1. The van der Waals surface area contributed by atoms with Crippen LogP contribution in [-0.2, 0) is 0 Å². The average Bonchev–Trinajstić information content (AvgIpc) is 2.26. The van der Waals surface area contributed by atoms with Crippen molar-refractivity contribution in [2.45, 2.75) is 0 Å². The number of hydrogen-bond acceptors (Lipinski definition) is 1. The Hall–Kier alpha value is -0.500. The molecule has 54 valence electrons. The average molecular weight is 210 g/mol. The highest BCUT2D eigenvalue weighted by molar-refractivity contribution is 9.10. The lowest BCUT2D eigenvalue weighted by Gasteiger charge is -2.11. The predicted molar refractivity (Wildman–Crippen MR) is 48.5 cm³/mol. The molecule has 1 rings (SSSR count). The lowest BCUT2D eigenvalue weighted by molar-refractivity contribution is 1.13. The third-order valence-corrected chi connectivity index (χ3v) is 1.20. The highest BCUT2D eigenvalue weighted by Crippen LogP contribution is 2.15. The van der Waals surface area contributed by atoms with Gasteiger partial charge in [-0.05, 0) is 24.2 Å². The predicted octanol–water partition coefficient (Wildman–Crippen LogP) is 2.52. The SMILES string of the molecule is [2H]c1c([2H])c(N(C([2H])([2H])[2H])C([2H])([2H])[2H])c([2H])c([2H])c1Br. The molecule has 0 heterocycles. The van der Waals surface area contributed by atoms with E-state index in [4.69, 9.17) is 13.7 Å². The molecule has 1 aromatic rings. The van der Waals surface area contributed by atoms with Crippen LogP contribution in [0.25, 0.3) is 0 Å². The fourth-order valence-corrected chi connectivity index (χ4v) is 0.601. The summed E-state index contributed by atoms with van der Waals surface area (Å²) in [5.74, 6) is 0. The Kier molecular flexibility index (Phi) is 0.552. The van der Waals surface area contributed by atoms with Crippen molar-refractivity contribution in [1.82, 2.24) is 0 Å². The Labute approximate surface area is 83.8 Å². The molecule has 0 saturated carbocycles. The van der Waals surface area contributed by atoms with E-state index in [0.717, 1.165) is 0 Å². The van der Waals surface area contributed by atoms with Crippen LogP contribution >= 0.6 is 15.9 Å². The first-order chi connectivity index (χ1) is 8.80. The van der Waals surface area contributed by atoms with E-state index >= 15 is 0 Å². The second kappa shape index (κ2) is 3.06. The smallest absolute Gasteiger partial charge is 0.0645 e. The summed E-state index contributed by atoms with van der Waals surface area (Å²) >= 11 is 2.85. The van der Waals surface area contributed by atoms with Crippen molar-refractivity contribution in [1.29, 1.82) is 0 Å². The van der Waals surface area contributed by atoms with Gasteiger partial charge in [-0.2, -0.15) is 0 Å². The standard InChI is InChI=1S/C8H10BrN/c1-10(2)8-5-3-7(9)4-6-8/h3-6H,1-2H3/i1D3,2D3,3D,4D,5D,6D. The molecule has 0 aromatic heterocycles. The molecular formula is C8H10BrN. The molecule has 0 amide bonds. The van der Waals surface area contributed by atoms with Gasteiger partial charge in [0, 0.05) is 32.3 Å². The second-order valence-electron chi connectivity index (χ2n) is 1.50. The van der Waals surface area contributed by atoms with E-state index < -0.39 is 43.8 Å². The van der Waals surface area contributed by atoms with Crippen molar-refractivity contribution in [3.63, 3.8) is 0 Å². The van der Waals surface area contributed by atoms with Gasteiger partial charge in [0.1, 0.15) is 0 Å². The van der Waals surface area contributed by atoms with Crippen LogP contribution in [0.1, 0.15) is 13.7 Å². The van der Waals surface area contributed by atoms with Crippen molar-refractivity contribution in [3.05, 3.63) is 28.6 Å². The Balaban J connectivity index is 3.76. The number of rotatable bonds is 1. The number of hydrogen-bond donors (Lipinski definition) is 0. The third kappa shape index (κ3) is 1.74. The van der Waals surface area contributed by atoms with Crippen LogP contribution in [0.4, 0.5) is 5.69 Å².